The van der Waals surface area contributed by atoms with Crippen LogP contribution in [0.1, 0.15) is 28.5 Å². The van der Waals surface area contributed by atoms with E-state index in [1.54, 1.807) is 4.90 Å². The van der Waals surface area contributed by atoms with E-state index in [1.807, 2.05) is 18.2 Å². The predicted molar refractivity (Wildman–Crippen MR) is 70.5 cm³/mol. The predicted octanol–water partition coefficient (Wildman–Crippen LogP) is 1.02. The fraction of sp³-hybridized carbons (Fsp3) is 0.308. The summed E-state index contributed by atoms with van der Waals surface area (Å²) in [6, 6.07) is 10.3. The second kappa shape index (κ2) is 4.72. The Kier molecular flexibility index (Phi) is 2.91. The Balaban J connectivity index is 1.71. The monoisotopic (exact) mass is 257 g/mol. The maximum Gasteiger partial charge on any atom is 0.291 e. The number of nitrogen functional groups attached to an aromatic ring is 1. The fourth-order valence-electron chi connectivity index (χ4n) is 2.46. The van der Waals surface area contributed by atoms with E-state index in [-0.39, 0.29) is 17.7 Å². The van der Waals surface area contributed by atoms with Crippen LogP contribution in [0, 0.1) is 0 Å². The van der Waals surface area contributed by atoms with Gasteiger partial charge in [0.15, 0.2) is 0 Å². The zero-order valence-corrected chi connectivity index (χ0v) is 10.4. The quantitative estimate of drug-likeness (QED) is 0.840. The largest absolute Gasteiger partial charge is 0.366 e. The molecule has 0 saturated carbocycles. The van der Waals surface area contributed by atoms with Crippen LogP contribution in [0.2, 0.25) is 0 Å². The number of benzene rings is 1. The number of hydrogen-bond acceptors (Lipinski definition) is 4. The standard InChI is InChI=1S/C13H15N5O/c14-13-15-11(16-17-13)12(19)18-7-6-10(8-18)9-4-2-1-3-5-9/h1-5,10H,6-8H2,(H3,14,15,16,17). The van der Waals surface area contributed by atoms with Gasteiger partial charge in [-0.2, -0.15) is 4.98 Å². The van der Waals surface area contributed by atoms with Crippen molar-refractivity contribution in [1.29, 1.82) is 0 Å². The third-order valence-electron chi connectivity index (χ3n) is 3.45. The molecule has 1 aliphatic rings. The molecular weight excluding hydrogens is 242 g/mol. The molecule has 98 valence electrons. The number of anilines is 1. The second-order valence-corrected chi connectivity index (χ2v) is 4.69. The summed E-state index contributed by atoms with van der Waals surface area (Å²) >= 11 is 0. The zero-order valence-electron chi connectivity index (χ0n) is 10.4. The van der Waals surface area contributed by atoms with E-state index in [1.165, 1.54) is 5.56 Å². The first-order valence-electron chi connectivity index (χ1n) is 6.26. The molecule has 0 spiro atoms. The van der Waals surface area contributed by atoms with Gasteiger partial charge in [0, 0.05) is 19.0 Å². The normalized spacial score (nSPS) is 18.7. The lowest BCUT2D eigenvalue weighted by Gasteiger charge is -2.14. The summed E-state index contributed by atoms with van der Waals surface area (Å²) in [6.07, 6.45) is 0.972. The summed E-state index contributed by atoms with van der Waals surface area (Å²) in [5, 5.41) is 6.24. The second-order valence-electron chi connectivity index (χ2n) is 4.69. The number of hydrogen-bond donors (Lipinski definition) is 2. The van der Waals surface area contributed by atoms with Crippen molar-refractivity contribution in [2.24, 2.45) is 0 Å². The number of H-pyrrole nitrogens is 1. The Morgan fingerprint density at radius 2 is 2.16 bits per heavy atom. The Labute approximate surface area is 110 Å². The van der Waals surface area contributed by atoms with Crippen molar-refractivity contribution in [2.75, 3.05) is 18.8 Å². The van der Waals surface area contributed by atoms with Gasteiger partial charge in [0.05, 0.1) is 0 Å². The van der Waals surface area contributed by atoms with Gasteiger partial charge in [-0.15, -0.1) is 5.10 Å². The zero-order chi connectivity index (χ0) is 13.2. The number of nitrogens with zero attached hydrogens (tertiary/aromatic N) is 3. The molecule has 1 saturated heterocycles. The van der Waals surface area contributed by atoms with Gasteiger partial charge < -0.3 is 10.6 Å². The van der Waals surface area contributed by atoms with E-state index >= 15 is 0 Å². The first-order valence-corrected chi connectivity index (χ1v) is 6.26. The van der Waals surface area contributed by atoms with E-state index in [0.717, 1.165) is 13.0 Å². The fourth-order valence-corrected chi connectivity index (χ4v) is 2.46. The van der Waals surface area contributed by atoms with Gasteiger partial charge in [0.1, 0.15) is 0 Å². The molecule has 1 atom stereocenters. The number of nitrogens with two attached hydrogens (primary N) is 1. The molecule has 1 aliphatic heterocycles. The molecule has 0 aliphatic carbocycles. The molecular formula is C13H15N5O. The number of carbonyl (C=O) groups is 1. The highest BCUT2D eigenvalue weighted by Crippen LogP contribution is 2.27. The molecule has 1 fully saturated rings. The van der Waals surface area contributed by atoms with Crippen molar-refractivity contribution >= 4 is 11.9 Å². The molecule has 1 amide bonds. The maximum atomic E-state index is 12.2. The minimum Gasteiger partial charge on any atom is -0.366 e. The number of rotatable bonds is 2. The first-order chi connectivity index (χ1) is 9.24. The van der Waals surface area contributed by atoms with Gasteiger partial charge in [-0.1, -0.05) is 30.3 Å². The van der Waals surface area contributed by atoms with Crippen molar-refractivity contribution in [3.63, 3.8) is 0 Å². The molecule has 0 radical (unpaired) electrons. The molecule has 0 bridgehead atoms. The molecule has 6 heteroatoms. The lowest BCUT2D eigenvalue weighted by molar-refractivity contribution is 0.0779. The van der Waals surface area contributed by atoms with Crippen LogP contribution in [-0.4, -0.2) is 39.1 Å². The minimum atomic E-state index is -0.136. The summed E-state index contributed by atoms with van der Waals surface area (Å²) in [5.41, 5.74) is 6.68. The number of carbonyl (C=O) groups excluding carboxylic acids is 1. The topological polar surface area (TPSA) is 87.9 Å². The average molecular weight is 257 g/mol. The molecule has 1 unspecified atom stereocenters. The molecule has 1 aromatic carbocycles. The summed E-state index contributed by atoms with van der Waals surface area (Å²) < 4.78 is 0. The van der Waals surface area contributed by atoms with Crippen molar-refractivity contribution < 1.29 is 4.79 Å². The van der Waals surface area contributed by atoms with Gasteiger partial charge in [-0.25, -0.2) is 0 Å². The van der Waals surface area contributed by atoms with Crippen LogP contribution in [0.15, 0.2) is 30.3 Å². The molecule has 3 rings (SSSR count). The summed E-state index contributed by atoms with van der Waals surface area (Å²) in [5.74, 6) is 0.571. The van der Waals surface area contributed by atoms with Gasteiger partial charge in [-0.3, -0.25) is 9.89 Å². The SMILES string of the molecule is Nc1n[nH]c(C(=O)N2CCC(c3ccccc3)C2)n1. The Bertz CT molecular complexity index is 580. The highest BCUT2D eigenvalue weighted by Gasteiger charge is 2.29. The molecule has 2 heterocycles. The Hall–Kier alpha value is -2.37. The lowest BCUT2D eigenvalue weighted by Crippen LogP contribution is -2.29. The van der Waals surface area contributed by atoms with Gasteiger partial charge in [0.2, 0.25) is 11.8 Å². The van der Waals surface area contributed by atoms with E-state index in [0.29, 0.717) is 12.5 Å². The molecule has 2 aromatic rings. The molecule has 1 aromatic heterocycles. The van der Waals surface area contributed by atoms with Gasteiger partial charge in [-0.05, 0) is 12.0 Å². The van der Waals surface area contributed by atoms with Crippen molar-refractivity contribution in [1.82, 2.24) is 20.1 Å². The third-order valence-corrected chi connectivity index (χ3v) is 3.45. The van der Waals surface area contributed by atoms with Gasteiger partial charge in [0.25, 0.3) is 5.91 Å². The number of aromatic amines is 1. The van der Waals surface area contributed by atoms with Crippen molar-refractivity contribution in [2.45, 2.75) is 12.3 Å². The van der Waals surface area contributed by atoms with Crippen LogP contribution in [0.5, 0.6) is 0 Å². The van der Waals surface area contributed by atoms with Crippen LogP contribution in [0.3, 0.4) is 0 Å². The van der Waals surface area contributed by atoms with Gasteiger partial charge >= 0.3 is 0 Å². The third kappa shape index (κ3) is 2.29. The number of amides is 1. The maximum absolute atomic E-state index is 12.2. The van der Waals surface area contributed by atoms with Crippen molar-refractivity contribution in [3.8, 4) is 0 Å². The van der Waals surface area contributed by atoms with Crippen LogP contribution >= 0.6 is 0 Å². The summed E-state index contributed by atoms with van der Waals surface area (Å²) in [4.78, 5) is 17.8. The van der Waals surface area contributed by atoms with E-state index in [9.17, 15) is 4.79 Å². The van der Waals surface area contributed by atoms with E-state index in [2.05, 4.69) is 27.3 Å². The first kappa shape index (κ1) is 11.7. The molecule has 6 nitrogen and oxygen atoms in total. The smallest absolute Gasteiger partial charge is 0.291 e. The van der Waals surface area contributed by atoms with E-state index < -0.39 is 0 Å². The van der Waals surface area contributed by atoms with Crippen LogP contribution in [0.25, 0.3) is 0 Å². The number of likely N-dealkylation sites (tertiary alicyclic amines) is 1. The Morgan fingerprint density at radius 3 is 2.84 bits per heavy atom. The number of nitrogens with one attached hydrogen (secondary N) is 1. The van der Waals surface area contributed by atoms with Crippen LogP contribution in [-0.2, 0) is 0 Å². The lowest BCUT2D eigenvalue weighted by atomic mass is 9.99. The highest BCUT2D eigenvalue weighted by atomic mass is 16.2. The van der Waals surface area contributed by atoms with Crippen LogP contribution in [0.4, 0.5) is 5.95 Å². The minimum absolute atomic E-state index is 0.0992. The highest BCUT2D eigenvalue weighted by molar-refractivity contribution is 5.90. The molecule has 19 heavy (non-hydrogen) atoms. The Morgan fingerprint density at radius 1 is 1.37 bits per heavy atom. The molecule has 3 N–H and O–H groups in total. The van der Waals surface area contributed by atoms with Crippen LogP contribution < -0.4 is 5.73 Å². The summed E-state index contributed by atoms with van der Waals surface area (Å²) in [7, 11) is 0. The average Bonchev–Trinajstić information content (AvgIpc) is 3.08. The van der Waals surface area contributed by atoms with E-state index in [4.69, 9.17) is 5.73 Å². The summed E-state index contributed by atoms with van der Waals surface area (Å²) in [6.45, 7) is 1.45. The van der Waals surface area contributed by atoms with Crippen molar-refractivity contribution in [3.05, 3.63) is 41.7 Å². The number of aromatic nitrogens is 3.